The normalized spacial score (nSPS) is 20.7. The van der Waals surface area contributed by atoms with Crippen molar-refractivity contribution in [3.8, 4) is 0 Å². The maximum absolute atomic E-state index is 11.9. The van der Waals surface area contributed by atoms with Gasteiger partial charge in [0.2, 0.25) is 0 Å². The lowest BCUT2D eigenvalue weighted by Gasteiger charge is -2.38. The lowest BCUT2D eigenvalue weighted by molar-refractivity contribution is -0.0517. The number of nitrogens with one attached hydrogen (secondary N) is 1. The number of rotatable bonds is 3. The third-order valence-corrected chi connectivity index (χ3v) is 4.12. The lowest BCUT2D eigenvalue weighted by atomic mass is 10.0. The molecule has 1 aromatic rings. The van der Waals surface area contributed by atoms with Gasteiger partial charge in [0.15, 0.2) is 0 Å². The SMILES string of the molecule is CC1(NS(=O)c2ccc(Br)cc2)COC1. The summed E-state index contributed by atoms with van der Waals surface area (Å²) >= 11 is 3.34. The molecule has 0 radical (unpaired) electrons. The molecule has 1 aliphatic rings. The van der Waals surface area contributed by atoms with E-state index in [2.05, 4.69) is 20.7 Å². The van der Waals surface area contributed by atoms with Crippen LogP contribution in [0.25, 0.3) is 0 Å². The molecule has 0 spiro atoms. The van der Waals surface area contributed by atoms with Gasteiger partial charge in [0.05, 0.1) is 23.6 Å². The van der Waals surface area contributed by atoms with E-state index < -0.39 is 11.0 Å². The molecule has 3 nitrogen and oxygen atoms in total. The van der Waals surface area contributed by atoms with Crippen LogP contribution in [0.4, 0.5) is 0 Å². The van der Waals surface area contributed by atoms with E-state index in [1.165, 1.54) is 0 Å². The minimum absolute atomic E-state index is 0.141. The number of hydrogen-bond donors (Lipinski definition) is 1. The van der Waals surface area contributed by atoms with Crippen LogP contribution in [0.15, 0.2) is 33.6 Å². The van der Waals surface area contributed by atoms with Gasteiger partial charge >= 0.3 is 0 Å². The standard InChI is InChI=1S/C10H12BrNO2S/c1-10(6-14-7-10)12-15(13)9-4-2-8(11)3-5-9/h2-5,12H,6-7H2,1H3. The molecule has 1 unspecified atom stereocenters. The number of ether oxygens (including phenoxy) is 1. The number of halogens is 1. The van der Waals surface area contributed by atoms with Crippen LogP contribution in [0.3, 0.4) is 0 Å². The molecule has 0 aliphatic carbocycles. The molecule has 15 heavy (non-hydrogen) atoms. The van der Waals surface area contributed by atoms with Crippen LogP contribution in [0.2, 0.25) is 0 Å². The van der Waals surface area contributed by atoms with E-state index in [0.29, 0.717) is 13.2 Å². The molecule has 1 saturated heterocycles. The summed E-state index contributed by atoms with van der Waals surface area (Å²) in [6.07, 6.45) is 0. The first-order chi connectivity index (χ1) is 7.09. The van der Waals surface area contributed by atoms with E-state index in [0.717, 1.165) is 9.37 Å². The molecule has 2 rings (SSSR count). The Balaban J connectivity index is 2.04. The molecule has 0 bridgehead atoms. The summed E-state index contributed by atoms with van der Waals surface area (Å²) in [5.41, 5.74) is -0.141. The molecule has 1 aliphatic heterocycles. The van der Waals surface area contributed by atoms with Gasteiger partial charge in [-0.25, -0.2) is 8.93 Å². The van der Waals surface area contributed by atoms with Gasteiger partial charge in [-0.05, 0) is 31.2 Å². The molecule has 1 aromatic carbocycles. The quantitative estimate of drug-likeness (QED) is 0.922. The van der Waals surface area contributed by atoms with Crippen molar-refractivity contribution in [1.82, 2.24) is 4.72 Å². The summed E-state index contributed by atoms with van der Waals surface area (Å²) < 4.78 is 21.0. The second-order valence-corrected chi connectivity index (χ2v) is 6.01. The molecular formula is C10H12BrNO2S. The van der Waals surface area contributed by atoms with Gasteiger partial charge in [-0.15, -0.1) is 0 Å². The zero-order chi connectivity index (χ0) is 10.9. The first-order valence-electron chi connectivity index (χ1n) is 4.62. The van der Waals surface area contributed by atoms with Crippen molar-refractivity contribution in [2.45, 2.75) is 17.4 Å². The Labute approximate surface area is 99.9 Å². The van der Waals surface area contributed by atoms with Gasteiger partial charge < -0.3 is 4.74 Å². The molecule has 1 N–H and O–H groups in total. The van der Waals surface area contributed by atoms with Crippen molar-refractivity contribution in [2.75, 3.05) is 13.2 Å². The molecule has 0 aromatic heterocycles. The van der Waals surface area contributed by atoms with Gasteiger partial charge in [0, 0.05) is 4.47 Å². The maximum Gasteiger partial charge on any atom is 0.125 e. The zero-order valence-corrected chi connectivity index (χ0v) is 10.7. The monoisotopic (exact) mass is 289 g/mol. The Morgan fingerprint density at radius 2 is 2.00 bits per heavy atom. The smallest absolute Gasteiger partial charge is 0.125 e. The first kappa shape index (κ1) is 11.3. The van der Waals surface area contributed by atoms with Crippen molar-refractivity contribution >= 4 is 26.9 Å². The summed E-state index contributed by atoms with van der Waals surface area (Å²) in [6.45, 7) is 3.25. The molecular weight excluding hydrogens is 278 g/mol. The van der Waals surface area contributed by atoms with Crippen molar-refractivity contribution in [1.29, 1.82) is 0 Å². The van der Waals surface area contributed by atoms with E-state index in [4.69, 9.17) is 4.74 Å². The summed E-state index contributed by atoms with van der Waals surface area (Å²) in [6, 6.07) is 7.45. The van der Waals surface area contributed by atoms with Crippen LogP contribution in [0, 0.1) is 0 Å². The second-order valence-electron chi connectivity index (χ2n) is 3.88. The Hall–Kier alpha value is -0.230. The number of benzene rings is 1. The largest absolute Gasteiger partial charge is 0.377 e. The van der Waals surface area contributed by atoms with E-state index in [-0.39, 0.29) is 5.54 Å². The minimum Gasteiger partial charge on any atom is -0.377 e. The van der Waals surface area contributed by atoms with Gasteiger partial charge in [-0.3, -0.25) is 0 Å². The van der Waals surface area contributed by atoms with Gasteiger partial charge in [-0.1, -0.05) is 15.9 Å². The molecule has 82 valence electrons. The van der Waals surface area contributed by atoms with Crippen LogP contribution in [-0.2, 0) is 15.7 Å². The Bertz CT molecular complexity index is 376. The second kappa shape index (κ2) is 4.33. The lowest BCUT2D eigenvalue weighted by Crippen LogP contribution is -2.58. The highest BCUT2D eigenvalue weighted by Gasteiger charge is 2.34. The summed E-state index contributed by atoms with van der Waals surface area (Å²) in [5, 5.41) is 0. The van der Waals surface area contributed by atoms with Crippen molar-refractivity contribution in [2.24, 2.45) is 0 Å². The number of hydrogen-bond acceptors (Lipinski definition) is 2. The predicted octanol–water partition coefficient (Wildman–Crippen LogP) is 1.85. The van der Waals surface area contributed by atoms with E-state index >= 15 is 0 Å². The fourth-order valence-electron chi connectivity index (χ4n) is 1.31. The predicted molar refractivity (Wildman–Crippen MR) is 62.9 cm³/mol. The highest BCUT2D eigenvalue weighted by atomic mass is 79.9. The highest BCUT2D eigenvalue weighted by molar-refractivity contribution is 9.10. The Morgan fingerprint density at radius 1 is 1.40 bits per heavy atom. The van der Waals surface area contributed by atoms with Gasteiger partial charge in [-0.2, -0.15) is 0 Å². The Morgan fingerprint density at radius 3 is 2.47 bits per heavy atom. The van der Waals surface area contributed by atoms with Crippen LogP contribution in [0.1, 0.15) is 6.92 Å². The van der Waals surface area contributed by atoms with Gasteiger partial charge in [0.25, 0.3) is 0 Å². The third-order valence-electron chi connectivity index (χ3n) is 2.21. The molecule has 1 fully saturated rings. The van der Waals surface area contributed by atoms with Crippen molar-refractivity contribution in [3.05, 3.63) is 28.7 Å². The first-order valence-corrected chi connectivity index (χ1v) is 6.56. The summed E-state index contributed by atoms with van der Waals surface area (Å²) in [4.78, 5) is 0.784. The van der Waals surface area contributed by atoms with Crippen molar-refractivity contribution < 1.29 is 8.95 Å². The average Bonchev–Trinajstić information content (AvgIpc) is 2.16. The van der Waals surface area contributed by atoms with E-state index in [9.17, 15) is 4.21 Å². The van der Waals surface area contributed by atoms with E-state index in [1.54, 1.807) is 0 Å². The molecule has 5 heteroatoms. The zero-order valence-electron chi connectivity index (χ0n) is 8.33. The average molecular weight is 290 g/mol. The Kier molecular flexibility index (Phi) is 3.25. The molecule has 0 saturated carbocycles. The van der Waals surface area contributed by atoms with Crippen LogP contribution >= 0.6 is 15.9 Å². The third kappa shape index (κ3) is 2.66. The fraction of sp³-hybridized carbons (Fsp3) is 0.400. The van der Waals surface area contributed by atoms with Crippen molar-refractivity contribution in [3.63, 3.8) is 0 Å². The summed E-state index contributed by atoms with van der Waals surface area (Å²) in [7, 11) is -1.16. The van der Waals surface area contributed by atoms with Crippen LogP contribution in [0.5, 0.6) is 0 Å². The maximum atomic E-state index is 11.9. The highest BCUT2D eigenvalue weighted by Crippen LogP contribution is 2.19. The topological polar surface area (TPSA) is 38.3 Å². The van der Waals surface area contributed by atoms with Crippen LogP contribution in [-0.4, -0.2) is 23.0 Å². The van der Waals surface area contributed by atoms with E-state index in [1.807, 2.05) is 31.2 Å². The molecule has 1 atom stereocenters. The fourth-order valence-corrected chi connectivity index (χ4v) is 2.64. The van der Waals surface area contributed by atoms with Crippen LogP contribution < -0.4 is 4.72 Å². The van der Waals surface area contributed by atoms with Gasteiger partial charge in [0.1, 0.15) is 11.0 Å². The summed E-state index contributed by atoms with van der Waals surface area (Å²) in [5.74, 6) is 0. The molecule has 0 amide bonds. The minimum atomic E-state index is -1.16. The molecule has 1 heterocycles.